The predicted molar refractivity (Wildman–Crippen MR) is 213 cm³/mol. The highest BCUT2D eigenvalue weighted by atomic mass is 16.4. The molecular formula is C39H62N8O12. The van der Waals surface area contributed by atoms with E-state index in [2.05, 4.69) is 31.9 Å². The maximum atomic E-state index is 13.8. The summed E-state index contributed by atoms with van der Waals surface area (Å²) in [5.41, 5.74) is 6.54. The Balaban J connectivity index is 2.27. The highest BCUT2D eigenvalue weighted by molar-refractivity contribution is 5.97. The molecule has 0 spiro atoms. The van der Waals surface area contributed by atoms with Gasteiger partial charge in [0.05, 0.1) is 19.3 Å². The number of carboxylic acids is 1. The molecule has 12 N–H and O–H groups in total. The Bertz CT molecular complexity index is 1620. The number of hydrogen-bond acceptors (Lipinski definition) is 12. The minimum Gasteiger partial charge on any atom is -0.508 e. The number of benzene rings is 1. The maximum Gasteiger partial charge on any atom is 0.322 e. The molecular weight excluding hydrogens is 772 g/mol. The molecule has 0 bridgehead atoms. The Hall–Kier alpha value is -5.34. The van der Waals surface area contributed by atoms with Gasteiger partial charge in [0.15, 0.2) is 0 Å². The second-order valence-electron chi connectivity index (χ2n) is 15.9. The van der Waals surface area contributed by atoms with E-state index in [0.29, 0.717) is 24.9 Å². The lowest BCUT2D eigenvalue weighted by Crippen LogP contribution is -2.61. The summed E-state index contributed by atoms with van der Waals surface area (Å²) in [6, 6.07) is -3.11. The molecule has 7 unspecified atom stereocenters. The van der Waals surface area contributed by atoms with E-state index in [9.17, 15) is 53.7 Å². The summed E-state index contributed by atoms with van der Waals surface area (Å²) in [5.74, 6) is -7.42. The van der Waals surface area contributed by atoms with E-state index in [1.165, 1.54) is 29.2 Å². The summed E-state index contributed by atoms with van der Waals surface area (Å²) in [4.78, 5) is 106. The van der Waals surface area contributed by atoms with Gasteiger partial charge >= 0.3 is 5.97 Å². The van der Waals surface area contributed by atoms with Crippen LogP contribution in [0.3, 0.4) is 0 Å². The molecule has 1 aliphatic heterocycles. The van der Waals surface area contributed by atoms with Gasteiger partial charge in [-0.1, -0.05) is 53.7 Å². The normalized spacial score (nSPS) is 16.9. The van der Waals surface area contributed by atoms with Gasteiger partial charge in [0.1, 0.15) is 48.5 Å². The third kappa shape index (κ3) is 16.1. The van der Waals surface area contributed by atoms with Crippen LogP contribution in [-0.4, -0.2) is 141 Å². The number of phenolic OH excluding ortho intramolecular Hbond substituents is 1. The van der Waals surface area contributed by atoms with Crippen LogP contribution in [0.4, 0.5) is 0 Å². The van der Waals surface area contributed by atoms with Crippen LogP contribution in [0.1, 0.15) is 72.8 Å². The SMILES string of the molecule is CC(C)CC(NC(=O)C(CO)NC(=O)C(CC(C)C)NC(=O)C1CCCN1C(=O)C(N)C(C)C)C(=O)NC(Cc1ccc(O)cc1)C(=O)NC(CO)C(=O)NCC(=O)O. The maximum absolute atomic E-state index is 13.8. The summed E-state index contributed by atoms with van der Waals surface area (Å²) < 4.78 is 0. The van der Waals surface area contributed by atoms with E-state index in [0.717, 1.165) is 0 Å². The zero-order valence-electron chi connectivity index (χ0n) is 34.5. The van der Waals surface area contributed by atoms with Crippen LogP contribution in [0.2, 0.25) is 0 Å². The molecule has 1 aliphatic rings. The number of rotatable bonds is 23. The van der Waals surface area contributed by atoms with Crippen molar-refractivity contribution in [1.82, 2.24) is 36.8 Å². The van der Waals surface area contributed by atoms with Crippen molar-refractivity contribution in [3.8, 4) is 5.75 Å². The number of likely N-dealkylation sites (tertiary alicyclic amines) is 1. The number of aromatic hydroxyl groups is 1. The lowest BCUT2D eigenvalue weighted by atomic mass is 10.00. The van der Waals surface area contributed by atoms with Gasteiger partial charge in [-0.3, -0.25) is 38.4 Å². The van der Waals surface area contributed by atoms with E-state index < -0.39 is 103 Å². The second-order valence-corrected chi connectivity index (χ2v) is 15.9. The van der Waals surface area contributed by atoms with Gasteiger partial charge in [-0.05, 0) is 61.1 Å². The first-order valence-electron chi connectivity index (χ1n) is 19.8. The van der Waals surface area contributed by atoms with E-state index >= 15 is 0 Å². The molecule has 1 fully saturated rings. The number of nitrogens with one attached hydrogen (secondary N) is 6. The molecule has 0 aliphatic carbocycles. The lowest BCUT2D eigenvalue weighted by molar-refractivity contribution is -0.141. The average Bonchev–Trinajstić information content (AvgIpc) is 3.67. The van der Waals surface area contributed by atoms with Gasteiger partial charge in [-0.25, -0.2) is 0 Å². The molecule has 0 radical (unpaired) electrons. The van der Waals surface area contributed by atoms with Gasteiger partial charge in [0.25, 0.3) is 0 Å². The van der Waals surface area contributed by atoms with Crippen LogP contribution in [0.25, 0.3) is 0 Å². The highest BCUT2D eigenvalue weighted by Crippen LogP contribution is 2.21. The van der Waals surface area contributed by atoms with Gasteiger partial charge < -0.3 is 63.0 Å². The fourth-order valence-electron chi connectivity index (χ4n) is 6.29. The van der Waals surface area contributed by atoms with Crippen molar-refractivity contribution < 1.29 is 58.8 Å². The number of aliphatic carboxylic acids is 1. The van der Waals surface area contributed by atoms with Crippen LogP contribution in [-0.2, 0) is 44.8 Å². The minimum atomic E-state index is -1.59. The molecule has 1 heterocycles. The van der Waals surface area contributed by atoms with Crippen molar-refractivity contribution in [3.05, 3.63) is 29.8 Å². The second kappa shape index (κ2) is 23.9. The van der Waals surface area contributed by atoms with Crippen LogP contribution >= 0.6 is 0 Å². The van der Waals surface area contributed by atoms with Gasteiger partial charge in [-0.2, -0.15) is 0 Å². The molecule has 59 heavy (non-hydrogen) atoms. The Morgan fingerprint density at radius 2 is 1.15 bits per heavy atom. The molecule has 330 valence electrons. The largest absolute Gasteiger partial charge is 0.508 e. The molecule has 0 aromatic heterocycles. The number of hydrogen-bond donors (Lipinski definition) is 11. The zero-order chi connectivity index (χ0) is 44.6. The van der Waals surface area contributed by atoms with Crippen LogP contribution in [0.15, 0.2) is 24.3 Å². The van der Waals surface area contributed by atoms with E-state index in [4.69, 9.17) is 10.8 Å². The number of carbonyl (C=O) groups is 8. The number of nitrogens with zero attached hydrogens (tertiary/aromatic N) is 1. The van der Waals surface area contributed by atoms with Crippen LogP contribution in [0.5, 0.6) is 5.75 Å². The van der Waals surface area contributed by atoms with E-state index in [-0.39, 0.29) is 48.7 Å². The topological polar surface area (TPSA) is 319 Å². The first kappa shape index (κ1) is 49.8. The first-order valence-corrected chi connectivity index (χ1v) is 19.8. The van der Waals surface area contributed by atoms with E-state index in [1.54, 1.807) is 27.7 Å². The summed E-state index contributed by atoms with van der Waals surface area (Å²) in [6.45, 7) is 8.48. The smallest absolute Gasteiger partial charge is 0.322 e. The zero-order valence-corrected chi connectivity index (χ0v) is 34.5. The molecule has 2 rings (SSSR count). The third-order valence-electron chi connectivity index (χ3n) is 9.58. The van der Waals surface area contributed by atoms with Crippen molar-refractivity contribution in [1.29, 1.82) is 0 Å². The first-order chi connectivity index (χ1) is 27.7. The summed E-state index contributed by atoms with van der Waals surface area (Å²) in [7, 11) is 0. The molecule has 7 atom stereocenters. The molecule has 7 amide bonds. The van der Waals surface area contributed by atoms with Crippen LogP contribution in [0, 0.1) is 17.8 Å². The monoisotopic (exact) mass is 834 g/mol. The molecule has 1 aromatic carbocycles. The van der Waals surface area contributed by atoms with Crippen molar-refractivity contribution >= 4 is 47.3 Å². The lowest BCUT2D eigenvalue weighted by Gasteiger charge is -2.30. The van der Waals surface area contributed by atoms with Crippen molar-refractivity contribution in [2.75, 3.05) is 26.3 Å². The third-order valence-corrected chi connectivity index (χ3v) is 9.58. The Kier molecular flexibility index (Phi) is 20.2. The van der Waals surface area contributed by atoms with Gasteiger partial charge in [0.2, 0.25) is 41.4 Å². The van der Waals surface area contributed by atoms with Gasteiger partial charge in [0, 0.05) is 13.0 Å². The number of amides is 7. The molecule has 1 aromatic rings. The fraction of sp³-hybridized carbons (Fsp3) is 0.641. The number of phenols is 1. The Labute approximate surface area is 343 Å². The number of carboxylic acid groups (broad SMARTS) is 1. The van der Waals surface area contributed by atoms with Crippen molar-refractivity contribution in [2.24, 2.45) is 23.5 Å². The highest BCUT2D eigenvalue weighted by Gasteiger charge is 2.39. The summed E-state index contributed by atoms with van der Waals surface area (Å²) in [5, 5.41) is 53.2. The minimum absolute atomic E-state index is 0.0250. The Morgan fingerprint density at radius 3 is 1.64 bits per heavy atom. The number of carbonyl (C=O) groups excluding carboxylic acids is 7. The van der Waals surface area contributed by atoms with Crippen molar-refractivity contribution in [3.63, 3.8) is 0 Å². The Morgan fingerprint density at radius 1 is 0.695 bits per heavy atom. The number of nitrogens with two attached hydrogens (primary N) is 1. The average molecular weight is 835 g/mol. The number of aliphatic hydroxyl groups excluding tert-OH is 2. The molecule has 20 heteroatoms. The standard InChI is InChI=1S/C39H62N8O12/c1-20(2)14-25(34(54)43-27(16-23-9-11-24(50)12-10-23)36(56)45-28(18-48)33(53)41-17-31(51)52)42-37(57)29(19-49)46-35(55)26(15-21(3)4)44-38(58)30-8-7-13-47(30)39(59)32(40)22(5)6/h9-12,20-22,25-30,32,48-50H,7-8,13-19,40H2,1-6H3,(H,41,53)(H,42,57)(H,43,54)(H,44,58)(H,45,56)(H,46,55)(H,51,52). The van der Waals surface area contributed by atoms with Gasteiger partial charge in [-0.15, -0.1) is 0 Å². The molecule has 0 saturated carbocycles. The quantitative estimate of drug-likeness (QED) is 0.0549. The fourth-order valence-corrected chi connectivity index (χ4v) is 6.29. The summed E-state index contributed by atoms with van der Waals surface area (Å²) >= 11 is 0. The van der Waals surface area contributed by atoms with Crippen LogP contribution < -0.4 is 37.6 Å². The number of aliphatic hydroxyl groups is 2. The predicted octanol–water partition coefficient (Wildman–Crippen LogP) is -2.39. The van der Waals surface area contributed by atoms with E-state index in [1.807, 2.05) is 13.8 Å². The van der Waals surface area contributed by atoms with Crippen molar-refractivity contribution in [2.45, 2.75) is 116 Å². The molecule has 20 nitrogen and oxygen atoms in total. The summed E-state index contributed by atoms with van der Waals surface area (Å²) in [6.07, 6.45) is 0.901. The molecule has 1 saturated heterocycles.